The van der Waals surface area contributed by atoms with E-state index in [2.05, 4.69) is 14.6 Å². The summed E-state index contributed by atoms with van der Waals surface area (Å²) in [5, 5.41) is 2.13. The zero-order chi connectivity index (χ0) is 26.7. The fraction of sp³-hybridized carbons (Fsp3) is 0.370. The van der Waals surface area contributed by atoms with Gasteiger partial charge in [-0.15, -0.1) is 0 Å². The van der Waals surface area contributed by atoms with Crippen LogP contribution in [-0.4, -0.2) is 85.2 Å². The average molecular weight is 556 g/mol. The van der Waals surface area contributed by atoms with Crippen molar-refractivity contribution in [2.45, 2.75) is 30.3 Å². The highest BCUT2D eigenvalue weighted by atomic mass is 35.5. The molecule has 0 saturated carbocycles. The van der Waals surface area contributed by atoms with Crippen LogP contribution in [0.1, 0.15) is 18.5 Å². The van der Waals surface area contributed by atoms with Gasteiger partial charge in [0, 0.05) is 50.5 Å². The smallest absolute Gasteiger partial charge is 0.242 e. The van der Waals surface area contributed by atoms with E-state index in [9.17, 15) is 18.0 Å². The molecule has 0 unspecified atom stereocenters. The van der Waals surface area contributed by atoms with E-state index in [-0.39, 0.29) is 23.3 Å². The normalized spacial score (nSPS) is 19.2. The van der Waals surface area contributed by atoms with Gasteiger partial charge in [-0.25, -0.2) is 8.42 Å². The van der Waals surface area contributed by atoms with Crippen LogP contribution in [0.25, 0.3) is 10.8 Å². The molecule has 1 atom stereocenters. The van der Waals surface area contributed by atoms with Crippen LogP contribution in [0.5, 0.6) is 0 Å². The van der Waals surface area contributed by atoms with Gasteiger partial charge >= 0.3 is 0 Å². The van der Waals surface area contributed by atoms with Crippen LogP contribution >= 0.6 is 11.6 Å². The second kappa shape index (κ2) is 11.4. The number of nitrogens with zero attached hydrogens (tertiary/aromatic N) is 4. The zero-order valence-corrected chi connectivity index (χ0v) is 22.5. The summed E-state index contributed by atoms with van der Waals surface area (Å²) in [7, 11) is -3.94. The Morgan fingerprint density at radius 3 is 2.53 bits per heavy atom. The average Bonchev–Trinajstić information content (AvgIpc) is 2.91. The number of rotatable bonds is 7. The van der Waals surface area contributed by atoms with E-state index < -0.39 is 16.1 Å². The summed E-state index contributed by atoms with van der Waals surface area (Å²) < 4.78 is 28.8. The molecule has 0 aliphatic carbocycles. The number of carbonyl (C=O) groups excluding carboxylic acids is 2. The van der Waals surface area contributed by atoms with Gasteiger partial charge in [-0.2, -0.15) is 4.72 Å². The molecule has 11 heteroatoms. The van der Waals surface area contributed by atoms with Crippen molar-refractivity contribution in [2.24, 2.45) is 0 Å². The molecule has 0 radical (unpaired) electrons. The lowest BCUT2D eigenvalue weighted by Gasteiger charge is -2.37. The first-order chi connectivity index (χ1) is 18.3. The molecular formula is C27H30ClN5O4S. The van der Waals surface area contributed by atoms with Crippen molar-refractivity contribution in [2.75, 3.05) is 39.3 Å². The molecule has 3 aromatic rings. The Balaban J connectivity index is 1.17. The maximum absolute atomic E-state index is 13.2. The van der Waals surface area contributed by atoms with Crippen molar-refractivity contribution in [1.29, 1.82) is 0 Å². The fourth-order valence-corrected chi connectivity index (χ4v) is 6.40. The first kappa shape index (κ1) is 26.6. The Bertz CT molecular complexity index is 1430. The van der Waals surface area contributed by atoms with Gasteiger partial charge in [-0.05, 0) is 60.0 Å². The van der Waals surface area contributed by atoms with Crippen LogP contribution < -0.4 is 4.72 Å². The van der Waals surface area contributed by atoms with Crippen LogP contribution in [0.3, 0.4) is 0 Å². The number of hydrogen-bond acceptors (Lipinski definition) is 6. The molecule has 2 amide bonds. The standard InChI is InChI=1S/C27H30ClN5O4S/c28-22-8-6-21-17-24(9-7-20(21)16-22)38(36,37)30-25-5-3-11-33(27(25)35)19-26(34)32-14-12-31(13-15-32)18-23-4-1-2-10-29-23/h1-2,4,6-10,16-17,25,30H,3,5,11-15,18-19H2/t25-/m0/s1. The van der Waals surface area contributed by atoms with Crippen LogP contribution in [0.2, 0.25) is 5.02 Å². The van der Waals surface area contributed by atoms with Gasteiger partial charge < -0.3 is 9.80 Å². The number of benzene rings is 2. The minimum Gasteiger partial charge on any atom is -0.339 e. The second-order valence-corrected chi connectivity index (χ2v) is 11.9. The van der Waals surface area contributed by atoms with Crippen molar-refractivity contribution >= 4 is 44.2 Å². The number of piperidine rings is 1. The van der Waals surface area contributed by atoms with E-state index in [0.29, 0.717) is 37.5 Å². The summed E-state index contributed by atoms with van der Waals surface area (Å²) in [5.41, 5.74) is 0.993. The molecule has 5 rings (SSSR count). The number of aromatic nitrogens is 1. The molecule has 0 bridgehead atoms. The number of carbonyl (C=O) groups is 2. The van der Waals surface area contributed by atoms with E-state index in [1.807, 2.05) is 18.2 Å². The molecule has 2 fully saturated rings. The van der Waals surface area contributed by atoms with E-state index in [1.165, 1.54) is 11.0 Å². The maximum atomic E-state index is 13.2. The Labute approximate surface area is 227 Å². The van der Waals surface area contributed by atoms with Crippen LogP contribution in [-0.2, 0) is 26.2 Å². The van der Waals surface area contributed by atoms with Gasteiger partial charge in [0.05, 0.1) is 17.1 Å². The van der Waals surface area contributed by atoms with Crippen LogP contribution in [0.4, 0.5) is 0 Å². The molecule has 2 aliphatic heterocycles. The van der Waals surface area contributed by atoms with Gasteiger partial charge in [-0.1, -0.05) is 29.8 Å². The molecule has 1 aromatic heterocycles. The molecule has 38 heavy (non-hydrogen) atoms. The predicted molar refractivity (Wildman–Crippen MR) is 145 cm³/mol. The van der Waals surface area contributed by atoms with E-state index in [4.69, 9.17) is 11.6 Å². The minimum absolute atomic E-state index is 0.0476. The lowest BCUT2D eigenvalue weighted by molar-refractivity contribution is -0.144. The number of hydrogen-bond donors (Lipinski definition) is 1. The Hall–Kier alpha value is -3.05. The minimum atomic E-state index is -3.94. The number of likely N-dealkylation sites (tertiary alicyclic amines) is 1. The zero-order valence-electron chi connectivity index (χ0n) is 20.9. The number of amides is 2. The molecule has 2 aromatic carbocycles. The molecule has 2 aliphatic rings. The quantitative estimate of drug-likeness (QED) is 0.480. The highest BCUT2D eigenvalue weighted by Gasteiger charge is 2.34. The molecule has 3 heterocycles. The van der Waals surface area contributed by atoms with Crippen molar-refractivity contribution in [3.8, 4) is 0 Å². The lowest BCUT2D eigenvalue weighted by atomic mass is 10.1. The summed E-state index contributed by atoms with van der Waals surface area (Å²) >= 11 is 6.02. The topological polar surface area (TPSA) is 103 Å². The van der Waals surface area contributed by atoms with Crippen molar-refractivity contribution in [3.05, 3.63) is 71.5 Å². The Kier molecular flexibility index (Phi) is 7.94. The molecule has 9 nitrogen and oxygen atoms in total. The monoisotopic (exact) mass is 555 g/mol. The number of pyridine rings is 1. The SMILES string of the molecule is O=C(CN1CCC[C@H](NS(=O)(=O)c2ccc3cc(Cl)ccc3c2)C1=O)N1CCN(Cc2ccccn2)CC1. The van der Waals surface area contributed by atoms with Gasteiger partial charge in [0.2, 0.25) is 21.8 Å². The van der Waals surface area contributed by atoms with E-state index in [1.54, 1.807) is 41.4 Å². The Morgan fingerprint density at radius 2 is 1.76 bits per heavy atom. The van der Waals surface area contributed by atoms with Gasteiger partial charge in [0.15, 0.2) is 0 Å². The van der Waals surface area contributed by atoms with Crippen molar-refractivity contribution in [1.82, 2.24) is 24.4 Å². The van der Waals surface area contributed by atoms with Gasteiger partial charge in [0.1, 0.15) is 6.04 Å². The summed E-state index contributed by atoms with van der Waals surface area (Å²) in [6.45, 7) is 3.74. The number of fused-ring (bicyclic) bond motifs is 1. The first-order valence-corrected chi connectivity index (χ1v) is 14.6. The van der Waals surface area contributed by atoms with E-state index >= 15 is 0 Å². The lowest BCUT2D eigenvalue weighted by Crippen LogP contribution is -2.56. The number of sulfonamides is 1. The number of nitrogens with one attached hydrogen (secondary N) is 1. The highest BCUT2D eigenvalue weighted by Crippen LogP contribution is 2.23. The van der Waals surface area contributed by atoms with Crippen LogP contribution in [0, 0.1) is 0 Å². The third kappa shape index (κ3) is 6.15. The largest absolute Gasteiger partial charge is 0.339 e. The number of halogens is 1. The molecule has 200 valence electrons. The number of piperazine rings is 1. The fourth-order valence-electron chi connectivity index (χ4n) is 4.96. The Morgan fingerprint density at radius 1 is 1.00 bits per heavy atom. The van der Waals surface area contributed by atoms with Crippen molar-refractivity contribution in [3.63, 3.8) is 0 Å². The summed E-state index contributed by atoms with van der Waals surface area (Å²) in [5.74, 6) is -0.484. The van der Waals surface area contributed by atoms with Crippen LogP contribution in [0.15, 0.2) is 65.7 Å². The first-order valence-electron chi connectivity index (χ1n) is 12.7. The molecule has 2 saturated heterocycles. The van der Waals surface area contributed by atoms with Gasteiger partial charge in [-0.3, -0.25) is 19.5 Å². The highest BCUT2D eigenvalue weighted by molar-refractivity contribution is 7.89. The van der Waals surface area contributed by atoms with Gasteiger partial charge in [0.25, 0.3) is 0 Å². The summed E-state index contributed by atoms with van der Waals surface area (Å²) in [4.78, 5) is 36.1. The molecule has 0 spiro atoms. The second-order valence-electron chi connectivity index (χ2n) is 9.71. The predicted octanol–water partition coefficient (Wildman–Crippen LogP) is 2.50. The molecule has 1 N–H and O–H groups in total. The van der Waals surface area contributed by atoms with E-state index in [0.717, 1.165) is 36.1 Å². The summed E-state index contributed by atoms with van der Waals surface area (Å²) in [6.07, 6.45) is 2.77. The molecular weight excluding hydrogens is 526 g/mol. The maximum Gasteiger partial charge on any atom is 0.242 e. The van der Waals surface area contributed by atoms with Crippen molar-refractivity contribution < 1.29 is 18.0 Å². The third-order valence-corrected chi connectivity index (χ3v) is 8.78. The summed E-state index contributed by atoms with van der Waals surface area (Å²) in [6, 6.07) is 14.9. The third-order valence-electron chi connectivity index (χ3n) is 7.07.